The fourth-order valence-corrected chi connectivity index (χ4v) is 6.23. The molecule has 0 radical (unpaired) electrons. The molecule has 1 saturated carbocycles. The Morgan fingerprint density at radius 1 is 1.00 bits per heavy atom. The molecule has 1 saturated heterocycles. The molecule has 1 heterocycles. The number of nitrogens with zero attached hydrogens (tertiary/aromatic N) is 1. The fraction of sp³-hybridized carbons (Fsp3) is 0.840. The molecule has 0 aromatic rings. The van der Waals surface area contributed by atoms with Gasteiger partial charge in [0.1, 0.15) is 0 Å². The number of unbranched alkanes of at least 4 members (excludes halogenated alkanes) is 2. The van der Waals surface area contributed by atoms with Crippen molar-refractivity contribution in [2.45, 2.75) is 121 Å². The summed E-state index contributed by atoms with van der Waals surface area (Å²) < 4.78 is 0. The molecule has 6 nitrogen and oxygen atoms in total. The van der Waals surface area contributed by atoms with Crippen LogP contribution in [0.5, 0.6) is 0 Å². The minimum absolute atomic E-state index is 0.0150. The van der Waals surface area contributed by atoms with Crippen LogP contribution in [0.15, 0.2) is 0 Å². The van der Waals surface area contributed by atoms with Gasteiger partial charge in [0.25, 0.3) is 0 Å². The Morgan fingerprint density at radius 2 is 1.62 bits per heavy atom. The van der Waals surface area contributed by atoms with Gasteiger partial charge < -0.3 is 5.32 Å². The summed E-state index contributed by atoms with van der Waals surface area (Å²) in [6.45, 7) is 5.78. The molecule has 1 aliphatic carbocycles. The second kappa shape index (κ2) is 14.0. The second-order valence-corrected chi connectivity index (χ2v) is 11.3. The normalized spacial score (nSPS) is 21.9. The number of thioether (sulfide) groups is 1. The maximum absolute atomic E-state index is 12.8. The van der Waals surface area contributed by atoms with Gasteiger partial charge in [0.05, 0.1) is 11.3 Å². The molecule has 0 spiro atoms. The van der Waals surface area contributed by atoms with Crippen LogP contribution in [-0.2, 0) is 19.2 Å². The van der Waals surface area contributed by atoms with E-state index < -0.39 is 6.04 Å². The van der Waals surface area contributed by atoms with Crippen molar-refractivity contribution in [1.29, 1.82) is 0 Å². The predicted octanol–water partition coefficient (Wildman–Crippen LogP) is 4.64. The van der Waals surface area contributed by atoms with Crippen molar-refractivity contribution in [3.63, 3.8) is 0 Å². The number of carbonyl (C=O) groups is 4. The van der Waals surface area contributed by atoms with Crippen molar-refractivity contribution in [2.24, 2.45) is 5.92 Å². The van der Waals surface area contributed by atoms with Crippen LogP contribution in [0, 0.1) is 5.92 Å². The number of hydrogen-bond acceptors (Lipinski definition) is 5. The van der Waals surface area contributed by atoms with Gasteiger partial charge in [0.15, 0.2) is 5.78 Å². The van der Waals surface area contributed by atoms with E-state index in [-0.39, 0.29) is 34.7 Å². The van der Waals surface area contributed by atoms with Gasteiger partial charge in [-0.25, -0.2) is 0 Å². The van der Waals surface area contributed by atoms with E-state index in [0.29, 0.717) is 37.5 Å². The summed E-state index contributed by atoms with van der Waals surface area (Å²) in [5, 5.41) is 3.10. The highest BCUT2D eigenvalue weighted by atomic mass is 32.2. The molecule has 2 fully saturated rings. The molecular formula is C25H42N2O4S. The minimum atomic E-state index is -0.431. The van der Waals surface area contributed by atoms with E-state index in [9.17, 15) is 19.2 Å². The highest BCUT2D eigenvalue weighted by Crippen LogP contribution is 2.34. The Bertz CT molecular complexity index is 642. The first-order valence-corrected chi connectivity index (χ1v) is 13.5. The van der Waals surface area contributed by atoms with Gasteiger partial charge >= 0.3 is 0 Å². The minimum Gasteiger partial charge on any atom is -0.346 e. The average molecular weight is 467 g/mol. The van der Waals surface area contributed by atoms with E-state index in [0.717, 1.165) is 19.3 Å². The Morgan fingerprint density at radius 3 is 2.22 bits per heavy atom. The number of imide groups is 1. The summed E-state index contributed by atoms with van der Waals surface area (Å²) in [5.74, 6) is -0.129. The lowest BCUT2D eigenvalue weighted by Crippen LogP contribution is -2.43. The van der Waals surface area contributed by atoms with Crippen LogP contribution in [0.4, 0.5) is 0 Å². The molecule has 3 amide bonds. The van der Waals surface area contributed by atoms with Crippen molar-refractivity contribution >= 4 is 35.3 Å². The quantitative estimate of drug-likeness (QED) is 0.354. The molecule has 7 heteroatoms. The third-order valence-corrected chi connectivity index (χ3v) is 8.12. The molecule has 2 rings (SSSR count). The first-order valence-electron chi connectivity index (χ1n) is 12.6. The lowest BCUT2D eigenvalue weighted by molar-refractivity contribution is -0.138. The maximum Gasteiger partial charge on any atom is 0.242 e. The molecular weight excluding hydrogens is 424 g/mol. The van der Waals surface area contributed by atoms with E-state index in [1.54, 1.807) is 11.8 Å². The number of ketones is 1. The van der Waals surface area contributed by atoms with Crippen LogP contribution in [-0.4, -0.2) is 51.5 Å². The summed E-state index contributed by atoms with van der Waals surface area (Å²) in [5.41, 5.74) is 0. The van der Waals surface area contributed by atoms with Crippen LogP contribution < -0.4 is 5.32 Å². The van der Waals surface area contributed by atoms with E-state index in [1.807, 2.05) is 13.8 Å². The zero-order valence-corrected chi connectivity index (χ0v) is 21.0. The van der Waals surface area contributed by atoms with Gasteiger partial charge in [0.2, 0.25) is 17.7 Å². The largest absolute Gasteiger partial charge is 0.346 e. The topological polar surface area (TPSA) is 83.6 Å². The summed E-state index contributed by atoms with van der Waals surface area (Å²) >= 11 is 1.74. The Labute approximate surface area is 198 Å². The van der Waals surface area contributed by atoms with E-state index in [2.05, 4.69) is 5.32 Å². The average Bonchev–Trinajstić information content (AvgIpc) is 3.07. The molecule has 182 valence electrons. The van der Waals surface area contributed by atoms with Gasteiger partial charge in [-0.2, -0.15) is 0 Å². The molecule has 1 aliphatic heterocycles. The number of likely N-dealkylation sites (tertiary alicyclic amines) is 1. The summed E-state index contributed by atoms with van der Waals surface area (Å²) in [6.07, 6.45) is 12.9. The standard InChI is InChI=1S/C25H42N2O4S/c1-18(2)24(19(3)28)26-22(29)15-11-8-12-16-27-23(30)17-21(25(27)31)32-20-13-9-6-4-5-7-10-14-20/h18,20-21,24H,4-17H2,1-3H3,(H,26,29). The van der Waals surface area contributed by atoms with Crippen LogP contribution in [0.25, 0.3) is 0 Å². The molecule has 2 unspecified atom stereocenters. The molecule has 0 aromatic carbocycles. The number of amides is 3. The van der Waals surface area contributed by atoms with Gasteiger partial charge in [-0.3, -0.25) is 24.1 Å². The Balaban J connectivity index is 1.69. The van der Waals surface area contributed by atoms with Crippen LogP contribution in [0.3, 0.4) is 0 Å². The monoisotopic (exact) mass is 466 g/mol. The van der Waals surface area contributed by atoms with Crippen molar-refractivity contribution < 1.29 is 19.2 Å². The van der Waals surface area contributed by atoms with Crippen molar-refractivity contribution in [2.75, 3.05) is 6.54 Å². The highest BCUT2D eigenvalue weighted by molar-refractivity contribution is 8.01. The number of nitrogens with one attached hydrogen (secondary N) is 1. The van der Waals surface area contributed by atoms with Gasteiger partial charge in [-0.15, -0.1) is 11.8 Å². The maximum atomic E-state index is 12.8. The first kappa shape index (κ1) is 26.9. The predicted molar refractivity (Wildman–Crippen MR) is 129 cm³/mol. The molecule has 0 bridgehead atoms. The smallest absolute Gasteiger partial charge is 0.242 e. The van der Waals surface area contributed by atoms with E-state index in [4.69, 9.17) is 0 Å². The van der Waals surface area contributed by atoms with Crippen molar-refractivity contribution in [3.8, 4) is 0 Å². The first-order chi connectivity index (χ1) is 15.3. The SMILES string of the molecule is CC(=O)C(NC(=O)CCCCCN1C(=O)CC(SC2CCCCCCCC2)C1=O)C(C)C. The summed E-state index contributed by atoms with van der Waals surface area (Å²) in [6, 6.07) is -0.431. The van der Waals surface area contributed by atoms with Crippen LogP contribution in [0.2, 0.25) is 0 Å². The second-order valence-electron chi connectivity index (χ2n) is 9.74. The lowest BCUT2D eigenvalue weighted by Gasteiger charge is -2.20. The molecule has 2 aliphatic rings. The molecule has 2 atom stereocenters. The fourth-order valence-electron chi connectivity index (χ4n) is 4.67. The highest BCUT2D eigenvalue weighted by Gasteiger charge is 2.39. The lowest BCUT2D eigenvalue weighted by atomic mass is 10.0. The van der Waals surface area contributed by atoms with E-state index in [1.165, 1.54) is 50.3 Å². The number of rotatable bonds is 11. The Kier molecular flexibility index (Phi) is 11.8. The van der Waals surface area contributed by atoms with Crippen LogP contribution >= 0.6 is 11.8 Å². The Hall–Kier alpha value is -1.37. The van der Waals surface area contributed by atoms with Gasteiger partial charge in [-0.1, -0.05) is 58.8 Å². The number of carbonyl (C=O) groups excluding carboxylic acids is 4. The van der Waals surface area contributed by atoms with Crippen molar-refractivity contribution in [3.05, 3.63) is 0 Å². The third kappa shape index (κ3) is 8.87. The van der Waals surface area contributed by atoms with Crippen LogP contribution in [0.1, 0.15) is 104 Å². The number of Topliss-reactive ketones (excluding diaryl/α,β-unsaturated/α-hetero) is 1. The zero-order valence-electron chi connectivity index (χ0n) is 20.2. The van der Waals surface area contributed by atoms with E-state index >= 15 is 0 Å². The summed E-state index contributed by atoms with van der Waals surface area (Å²) in [7, 11) is 0. The van der Waals surface area contributed by atoms with Gasteiger partial charge in [-0.05, 0) is 38.5 Å². The van der Waals surface area contributed by atoms with Crippen molar-refractivity contribution in [1.82, 2.24) is 10.2 Å². The molecule has 32 heavy (non-hydrogen) atoms. The third-order valence-electron chi connectivity index (χ3n) is 6.57. The zero-order chi connectivity index (χ0) is 23.5. The molecule has 1 N–H and O–H groups in total. The number of hydrogen-bond donors (Lipinski definition) is 1. The molecule has 0 aromatic heterocycles. The summed E-state index contributed by atoms with van der Waals surface area (Å²) in [4.78, 5) is 50.4. The van der Waals surface area contributed by atoms with Gasteiger partial charge in [0, 0.05) is 24.6 Å².